The normalized spacial score (nSPS) is 11.5. The topological polar surface area (TPSA) is 74.5 Å². The van der Waals surface area contributed by atoms with Gasteiger partial charge in [0, 0.05) is 15.6 Å². The van der Waals surface area contributed by atoms with Crippen molar-refractivity contribution in [2.75, 3.05) is 0 Å². The van der Waals surface area contributed by atoms with Crippen LogP contribution in [-0.2, 0) is 16.2 Å². The van der Waals surface area contributed by atoms with Gasteiger partial charge in [0.05, 0.1) is 0 Å². The second-order valence-corrected chi connectivity index (χ2v) is 6.02. The van der Waals surface area contributed by atoms with Crippen molar-refractivity contribution in [2.45, 2.75) is 6.61 Å². The number of nitrogens with one attached hydrogen (secondary N) is 1. The molecular formula is C20H15Cl2N3O2. The van der Waals surface area contributed by atoms with Gasteiger partial charge in [-0.25, -0.2) is 0 Å². The Morgan fingerprint density at radius 2 is 2.00 bits per heavy atom. The molecule has 0 unspecified atom stereocenters. The van der Waals surface area contributed by atoms with Crippen LogP contribution in [0, 0.1) is 11.3 Å². The lowest BCUT2D eigenvalue weighted by atomic mass is 10.2. The Bertz CT molecular complexity index is 917. The zero-order valence-electron chi connectivity index (χ0n) is 14.1. The molecule has 0 atom stereocenters. The van der Waals surface area contributed by atoms with Crippen LogP contribution in [0.1, 0.15) is 11.1 Å². The summed E-state index contributed by atoms with van der Waals surface area (Å²) in [5.74, 6) is -0.591. The zero-order chi connectivity index (χ0) is 19.5. The van der Waals surface area contributed by atoms with Crippen LogP contribution in [-0.4, -0.2) is 12.2 Å². The first-order valence-corrected chi connectivity index (χ1v) is 8.58. The first-order valence-electron chi connectivity index (χ1n) is 7.82. The number of oxime groups is 1. The molecule has 0 aromatic heterocycles. The first kappa shape index (κ1) is 20.2. The van der Waals surface area contributed by atoms with Gasteiger partial charge in [0.15, 0.2) is 0 Å². The van der Waals surface area contributed by atoms with E-state index in [1.807, 2.05) is 36.4 Å². The van der Waals surface area contributed by atoms with E-state index in [2.05, 4.69) is 10.5 Å². The quantitative estimate of drug-likeness (QED) is 0.182. The van der Waals surface area contributed by atoms with Crippen LogP contribution in [0.15, 0.2) is 71.4 Å². The minimum absolute atomic E-state index is 0.0608. The maximum atomic E-state index is 11.9. The summed E-state index contributed by atoms with van der Waals surface area (Å²) < 4.78 is 0. The number of amides is 1. The summed E-state index contributed by atoms with van der Waals surface area (Å²) in [6.45, 7) is 0.114. The van der Waals surface area contributed by atoms with Gasteiger partial charge >= 0.3 is 0 Å². The van der Waals surface area contributed by atoms with Crippen LogP contribution in [0.25, 0.3) is 6.08 Å². The zero-order valence-corrected chi connectivity index (χ0v) is 15.6. The van der Waals surface area contributed by atoms with Crippen LogP contribution in [0.5, 0.6) is 0 Å². The van der Waals surface area contributed by atoms with Crippen LogP contribution in [0.4, 0.5) is 0 Å². The minimum atomic E-state index is -0.591. The molecule has 2 aromatic rings. The molecule has 2 aromatic carbocycles. The number of benzene rings is 2. The number of hydrogen-bond donors (Lipinski definition) is 1. The van der Waals surface area contributed by atoms with Crippen molar-refractivity contribution in [3.63, 3.8) is 0 Å². The summed E-state index contributed by atoms with van der Waals surface area (Å²) in [4.78, 5) is 17.0. The number of allylic oxidation sites excluding steroid dienone is 2. The van der Waals surface area contributed by atoms with Crippen LogP contribution >= 0.6 is 23.2 Å². The molecular weight excluding hydrogens is 385 g/mol. The van der Waals surface area contributed by atoms with Gasteiger partial charge in [-0.05, 0) is 23.8 Å². The summed E-state index contributed by atoms with van der Waals surface area (Å²) in [6, 6.07) is 16.4. The van der Waals surface area contributed by atoms with E-state index in [1.165, 1.54) is 6.08 Å². The highest BCUT2D eigenvalue weighted by molar-refractivity contribution is 6.35. The third kappa shape index (κ3) is 6.98. The van der Waals surface area contributed by atoms with Gasteiger partial charge in [-0.15, -0.1) is 0 Å². The van der Waals surface area contributed by atoms with Crippen molar-refractivity contribution < 1.29 is 9.63 Å². The first-order chi connectivity index (χ1) is 13.1. The van der Waals surface area contributed by atoms with Crippen molar-refractivity contribution >= 4 is 41.5 Å². The average molecular weight is 400 g/mol. The monoisotopic (exact) mass is 399 g/mol. The molecule has 2 rings (SSSR count). The molecule has 0 saturated heterocycles. The number of carbonyl (C=O) groups excluding carboxylic acids is 1. The molecule has 7 heteroatoms. The van der Waals surface area contributed by atoms with Crippen LogP contribution in [0.3, 0.4) is 0 Å². The molecule has 0 heterocycles. The average Bonchev–Trinajstić information content (AvgIpc) is 2.67. The van der Waals surface area contributed by atoms with Crippen LogP contribution in [0.2, 0.25) is 10.0 Å². The van der Waals surface area contributed by atoms with Gasteiger partial charge in [-0.3, -0.25) is 4.79 Å². The highest BCUT2D eigenvalue weighted by Crippen LogP contribution is 2.21. The predicted molar refractivity (Wildman–Crippen MR) is 107 cm³/mol. The lowest BCUT2D eigenvalue weighted by molar-refractivity contribution is -0.115. The van der Waals surface area contributed by atoms with Gasteiger partial charge in [-0.1, -0.05) is 76.9 Å². The van der Waals surface area contributed by atoms with Gasteiger partial charge in [0.25, 0.3) is 5.91 Å². The fourth-order valence-corrected chi connectivity index (χ4v) is 2.39. The molecule has 0 aliphatic rings. The maximum Gasteiger partial charge on any atom is 0.267 e. The summed E-state index contributed by atoms with van der Waals surface area (Å²) in [7, 11) is 0. The summed E-state index contributed by atoms with van der Waals surface area (Å²) in [6.07, 6.45) is 5.91. The largest absolute Gasteiger partial charge is 0.390 e. The molecule has 0 fully saturated rings. The molecule has 5 nitrogen and oxygen atoms in total. The number of carbonyl (C=O) groups is 1. The van der Waals surface area contributed by atoms with Crippen molar-refractivity contribution in [2.24, 2.45) is 5.16 Å². The van der Waals surface area contributed by atoms with Gasteiger partial charge in [0.2, 0.25) is 0 Å². The summed E-state index contributed by atoms with van der Waals surface area (Å²) in [5.41, 5.74) is 1.60. The van der Waals surface area contributed by atoms with Crippen LogP contribution < -0.4 is 5.32 Å². The standard InChI is InChI=1S/C20H15Cl2N3O2/c21-18-10-9-17(19(22)11-18)13-27-25-14-24-20(26)16(12-23)8-4-7-15-5-2-1-3-6-15/h1-11,14H,13H2,(H,24,25,26). The Morgan fingerprint density at radius 1 is 1.22 bits per heavy atom. The van der Waals surface area contributed by atoms with Crippen molar-refractivity contribution in [1.82, 2.24) is 5.32 Å². The fraction of sp³-hybridized carbons (Fsp3) is 0.0500. The van der Waals surface area contributed by atoms with Gasteiger partial charge < -0.3 is 10.2 Å². The number of rotatable bonds is 7. The van der Waals surface area contributed by atoms with E-state index in [1.54, 1.807) is 30.4 Å². The number of hydrogen-bond acceptors (Lipinski definition) is 4. The lowest BCUT2D eigenvalue weighted by Crippen LogP contribution is -2.22. The predicted octanol–water partition coefficient (Wildman–Crippen LogP) is 4.73. The fourth-order valence-electron chi connectivity index (χ4n) is 1.93. The minimum Gasteiger partial charge on any atom is -0.390 e. The maximum absolute atomic E-state index is 11.9. The molecule has 1 N–H and O–H groups in total. The second-order valence-electron chi connectivity index (χ2n) is 5.18. The summed E-state index contributed by atoms with van der Waals surface area (Å²) >= 11 is 11.8. The Kier molecular flexibility index (Phi) is 8.11. The third-order valence-electron chi connectivity index (χ3n) is 3.27. The molecule has 0 radical (unpaired) electrons. The molecule has 0 aliphatic heterocycles. The van der Waals surface area contributed by atoms with E-state index in [9.17, 15) is 4.79 Å². The number of nitriles is 1. The highest BCUT2D eigenvalue weighted by Gasteiger charge is 2.05. The molecule has 0 saturated carbocycles. The van der Waals surface area contributed by atoms with Gasteiger partial charge in [-0.2, -0.15) is 5.26 Å². The van der Waals surface area contributed by atoms with Crippen molar-refractivity contribution in [3.05, 3.63) is 87.4 Å². The second kappa shape index (κ2) is 10.8. The molecule has 136 valence electrons. The Morgan fingerprint density at radius 3 is 2.70 bits per heavy atom. The SMILES string of the molecule is N#CC(=CC=Cc1ccccc1)C(=O)N/C=N/OCc1ccc(Cl)cc1Cl. The molecule has 27 heavy (non-hydrogen) atoms. The van der Waals surface area contributed by atoms with E-state index in [0.717, 1.165) is 11.9 Å². The molecule has 0 bridgehead atoms. The molecule has 1 amide bonds. The third-order valence-corrected chi connectivity index (χ3v) is 3.86. The highest BCUT2D eigenvalue weighted by atomic mass is 35.5. The Balaban J connectivity index is 1.83. The lowest BCUT2D eigenvalue weighted by Gasteiger charge is -2.03. The molecule has 0 aliphatic carbocycles. The summed E-state index contributed by atoms with van der Waals surface area (Å²) in [5, 5.41) is 16.0. The smallest absolute Gasteiger partial charge is 0.267 e. The Labute approximate surface area is 167 Å². The van der Waals surface area contributed by atoms with Gasteiger partial charge in [0.1, 0.15) is 24.6 Å². The number of halogens is 2. The van der Waals surface area contributed by atoms with E-state index in [4.69, 9.17) is 33.3 Å². The van der Waals surface area contributed by atoms with E-state index >= 15 is 0 Å². The van der Waals surface area contributed by atoms with E-state index in [-0.39, 0.29) is 12.2 Å². The van der Waals surface area contributed by atoms with E-state index < -0.39 is 5.91 Å². The Hall–Kier alpha value is -3.07. The van der Waals surface area contributed by atoms with E-state index in [0.29, 0.717) is 15.6 Å². The number of nitrogens with zero attached hydrogens (tertiary/aromatic N) is 2. The molecule has 0 spiro atoms. The van der Waals surface area contributed by atoms with Crippen molar-refractivity contribution in [3.8, 4) is 6.07 Å². The van der Waals surface area contributed by atoms with Crippen molar-refractivity contribution in [1.29, 1.82) is 5.26 Å².